The molecule has 0 spiro atoms. The zero-order valence-electron chi connectivity index (χ0n) is 13.4. The summed E-state index contributed by atoms with van der Waals surface area (Å²) in [5, 5.41) is 2.95. The number of nitrogens with zero attached hydrogens (tertiary/aromatic N) is 2. The van der Waals surface area contributed by atoms with E-state index in [9.17, 15) is 14.4 Å². The van der Waals surface area contributed by atoms with Crippen LogP contribution in [0.5, 0.6) is 0 Å². The van der Waals surface area contributed by atoms with Gasteiger partial charge in [-0.25, -0.2) is 9.78 Å². The predicted molar refractivity (Wildman–Crippen MR) is 99.0 cm³/mol. The van der Waals surface area contributed by atoms with Crippen LogP contribution in [0.2, 0.25) is 0 Å². The lowest BCUT2D eigenvalue weighted by Crippen LogP contribution is -2.31. The van der Waals surface area contributed by atoms with Crippen LogP contribution in [0.3, 0.4) is 0 Å². The number of H-pyrrole nitrogens is 1. The van der Waals surface area contributed by atoms with E-state index in [1.165, 1.54) is 16.8 Å². The highest BCUT2D eigenvalue weighted by Crippen LogP contribution is 2.17. The fraction of sp³-hybridized carbons (Fsp3) is 0.176. The van der Waals surface area contributed by atoms with E-state index in [0.29, 0.717) is 18.7 Å². The van der Waals surface area contributed by atoms with Crippen molar-refractivity contribution in [1.29, 1.82) is 0 Å². The molecule has 0 saturated heterocycles. The monoisotopic (exact) mass is 402 g/mol. The second kappa shape index (κ2) is 7.02. The van der Waals surface area contributed by atoms with Gasteiger partial charge in [-0.1, -0.05) is 28.9 Å². The van der Waals surface area contributed by atoms with Gasteiger partial charge in [0.1, 0.15) is 5.65 Å². The first kappa shape index (κ1) is 17.1. The van der Waals surface area contributed by atoms with E-state index in [2.05, 4.69) is 31.2 Å². The molecule has 0 fully saturated rings. The Morgan fingerprint density at radius 3 is 2.84 bits per heavy atom. The highest BCUT2D eigenvalue weighted by molar-refractivity contribution is 9.10. The number of hydrogen-bond acceptors (Lipinski definition) is 4. The summed E-state index contributed by atoms with van der Waals surface area (Å²) in [4.78, 5) is 42.9. The molecule has 8 heteroatoms. The number of pyridine rings is 1. The molecular weight excluding hydrogens is 388 g/mol. The molecule has 0 aliphatic heterocycles. The summed E-state index contributed by atoms with van der Waals surface area (Å²) in [5.74, 6) is -0.389. The van der Waals surface area contributed by atoms with Crippen LogP contribution in [0.4, 0.5) is 5.69 Å². The summed E-state index contributed by atoms with van der Waals surface area (Å²) in [6.07, 6.45) is 2.08. The number of rotatable bonds is 4. The third kappa shape index (κ3) is 3.53. The maximum absolute atomic E-state index is 12.4. The van der Waals surface area contributed by atoms with Gasteiger partial charge >= 0.3 is 5.69 Å². The fourth-order valence-corrected chi connectivity index (χ4v) is 2.89. The SMILES string of the molecule is CCCn1c(=O)[nH]c(=O)c2cc(C(=O)Nc3cccc(Br)c3)cnc21. The average Bonchev–Trinajstić information content (AvgIpc) is 2.58. The summed E-state index contributed by atoms with van der Waals surface area (Å²) >= 11 is 3.34. The van der Waals surface area contributed by atoms with Gasteiger partial charge < -0.3 is 5.32 Å². The first-order valence-corrected chi connectivity index (χ1v) is 8.48. The van der Waals surface area contributed by atoms with Crippen molar-refractivity contribution >= 4 is 38.6 Å². The number of aromatic amines is 1. The molecule has 0 unspecified atom stereocenters. The van der Waals surface area contributed by atoms with Crippen LogP contribution in [0, 0.1) is 0 Å². The molecule has 0 aliphatic carbocycles. The maximum atomic E-state index is 12.4. The van der Waals surface area contributed by atoms with Gasteiger partial charge in [0.25, 0.3) is 11.5 Å². The Balaban J connectivity index is 2.02. The standard InChI is InChI=1S/C17H15BrN4O3/c1-2-6-22-14-13(16(24)21-17(22)25)7-10(9-19-14)15(23)20-12-5-3-4-11(18)8-12/h3-5,7-9H,2,6H2,1H3,(H,20,23)(H,21,24,25). The van der Waals surface area contributed by atoms with Crippen molar-refractivity contribution in [2.24, 2.45) is 0 Å². The number of anilines is 1. The van der Waals surface area contributed by atoms with Crippen molar-refractivity contribution < 1.29 is 4.79 Å². The number of hydrogen-bond donors (Lipinski definition) is 2. The Kier molecular flexibility index (Phi) is 4.80. The highest BCUT2D eigenvalue weighted by Gasteiger charge is 2.13. The molecule has 0 saturated carbocycles. The minimum atomic E-state index is -0.558. The number of carbonyl (C=O) groups is 1. The molecule has 2 heterocycles. The zero-order valence-corrected chi connectivity index (χ0v) is 15.0. The zero-order chi connectivity index (χ0) is 18.0. The average molecular weight is 403 g/mol. The summed E-state index contributed by atoms with van der Waals surface area (Å²) in [6.45, 7) is 2.35. The molecule has 0 atom stereocenters. The number of aromatic nitrogens is 3. The van der Waals surface area contributed by atoms with E-state index < -0.39 is 11.2 Å². The molecule has 2 aromatic heterocycles. The van der Waals surface area contributed by atoms with Crippen LogP contribution >= 0.6 is 15.9 Å². The van der Waals surface area contributed by atoms with Gasteiger partial charge in [-0.2, -0.15) is 0 Å². The van der Waals surface area contributed by atoms with E-state index in [0.717, 1.165) is 4.47 Å². The molecule has 0 radical (unpaired) electrons. The molecule has 0 aliphatic rings. The van der Waals surface area contributed by atoms with Crippen LogP contribution in [0.25, 0.3) is 11.0 Å². The second-order valence-corrected chi connectivity index (χ2v) is 6.39. The molecule has 3 rings (SSSR count). The number of carbonyl (C=O) groups excluding carboxylic acids is 1. The van der Waals surface area contributed by atoms with Crippen LogP contribution in [0.1, 0.15) is 23.7 Å². The molecule has 1 aromatic carbocycles. The van der Waals surface area contributed by atoms with Gasteiger partial charge in [-0.3, -0.25) is 19.1 Å². The van der Waals surface area contributed by atoms with Gasteiger partial charge in [-0.05, 0) is 30.7 Å². The van der Waals surface area contributed by atoms with Crippen molar-refractivity contribution in [3.05, 3.63) is 67.4 Å². The first-order valence-electron chi connectivity index (χ1n) is 7.69. The van der Waals surface area contributed by atoms with Crippen molar-refractivity contribution in [2.45, 2.75) is 19.9 Å². The van der Waals surface area contributed by atoms with Gasteiger partial charge in [0.05, 0.1) is 10.9 Å². The van der Waals surface area contributed by atoms with Gasteiger partial charge in [-0.15, -0.1) is 0 Å². The van der Waals surface area contributed by atoms with E-state index in [-0.39, 0.29) is 22.5 Å². The number of fused-ring (bicyclic) bond motifs is 1. The van der Waals surface area contributed by atoms with E-state index in [4.69, 9.17) is 0 Å². The minimum absolute atomic E-state index is 0.204. The molecule has 7 nitrogen and oxygen atoms in total. The molecule has 2 N–H and O–H groups in total. The van der Waals surface area contributed by atoms with Gasteiger partial charge in [0, 0.05) is 22.9 Å². The Morgan fingerprint density at radius 1 is 1.32 bits per heavy atom. The van der Waals surface area contributed by atoms with E-state index in [1.807, 2.05) is 13.0 Å². The molecule has 1 amide bonds. The number of aryl methyl sites for hydroxylation is 1. The molecule has 25 heavy (non-hydrogen) atoms. The van der Waals surface area contributed by atoms with Crippen LogP contribution in [-0.4, -0.2) is 20.4 Å². The van der Waals surface area contributed by atoms with Gasteiger partial charge in [0.2, 0.25) is 0 Å². The molecule has 3 aromatic rings. The van der Waals surface area contributed by atoms with Crippen LogP contribution < -0.4 is 16.6 Å². The summed E-state index contributed by atoms with van der Waals surface area (Å²) in [5.41, 5.74) is 0.0637. The summed E-state index contributed by atoms with van der Waals surface area (Å²) in [6, 6.07) is 8.60. The second-order valence-electron chi connectivity index (χ2n) is 5.47. The Hall–Kier alpha value is -2.74. The quantitative estimate of drug-likeness (QED) is 0.700. The molecule has 128 valence electrons. The predicted octanol–water partition coefficient (Wildman–Crippen LogP) is 2.51. The smallest absolute Gasteiger partial charge is 0.322 e. The third-order valence-corrected chi connectivity index (χ3v) is 4.12. The van der Waals surface area contributed by atoms with Crippen LogP contribution in [0.15, 0.2) is 50.6 Å². The number of halogens is 1. The van der Waals surface area contributed by atoms with Crippen molar-refractivity contribution in [2.75, 3.05) is 5.32 Å². The lowest BCUT2D eigenvalue weighted by Gasteiger charge is -2.09. The fourth-order valence-electron chi connectivity index (χ4n) is 2.49. The van der Waals surface area contributed by atoms with Crippen molar-refractivity contribution in [1.82, 2.24) is 14.5 Å². The summed E-state index contributed by atoms with van der Waals surface area (Å²) in [7, 11) is 0. The third-order valence-electron chi connectivity index (χ3n) is 3.62. The van der Waals surface area contributed by atoms with E-state index in [1.54, 1.807) is 18.2 Å². The Labute approximate surface area is 150 Å². The maximum Gasteiger partial charge on any atom is 0.329 e. The highest BCUT2D eigenvalue weighted by atomic mass is 79.9. The van der Waals surface area contributed by atoms with Crippen molar-refractivity contribution in [3.8, 4) is 0 Å². The minimum Gasteiger partial charge on any atom is -0.322 e. The topological polar surface area (TPSA) is 96.9 Å². The van der Waals surface area contributed by atoms with Crippen molar-refractivity contribution in [3.63, 3.8) is 0 Å². The molecule has 0 bridgehead atoms. The lowest BCUT2D eigenvalue weighted by atomic mass is 10.2. The number of benzene rings is 1. The van der Waals surface area contributed by atoms with E-state index >= 15 is 0 Å². The largest absolute Gasteiger partial charge is 0.329 e. The first-order chi connectivity index (χ1) is 12.0. The Morgan fingerprint density at radius 2 is 2.12 bits per heavy atom. The lowest BCUT2D eigenvalue weighted by molar-refractivity contribution is 0.102. The summed E-state index contributed by atoms with van der Waals surface area (Å²) < 4.78 is 2.23. The number of amides is 1. The number of nitrogens with one attached hydrogen (secondary N) is 2. The normalized spacial score (nSPS) is 10.8. The Bertz CT molecular complexity index is 1070. The van der Waals surface area contributed by atoms with Crippen LogP contribution in [-0.2, 0) is 6.54 Å². The van der Waals surface area contributed by atoms with Gasteiger partial charge in [0.15, 0.2) is 0 Å². The molecular formula is C17H15BrN4O3.